The third-order valence-electron chi connectivity index (χ3n) is 4.31. The Bertz CT molecular complexity index is 656. The Morgan fingerprint density at radius 1 is 1.10 bits per heavy atom. The molecule has 0 radical (unpaired) electrons. The van der Waals surface area contributed by atoms with Gasteiger partial charge in [0.05, 0.1) is 5.69 Å². The summed E-state index contributed by atoms with van der Waals surface area (Å²) in [6, 6.07) is 15.8. The van der Waals surface area contributed by atoms with Gasteiger partial charge in [-0.3, -0.25) is 0 Å². The molecule has 21 heavy (non-hydrogen) atoms. The second kappa shape index (κ2) is 5.67. The van der Waals surface area contributed by atoms with Crippen LogP contribution in [0, 0.1) is 0 Å². The second-order valence-corrected chi connectivity index (χ2v) is 7.66. The van der Waals surface area contributed by atoms with Crippen LogP contribution < -0.4 is 10.6 Å². The maximum atomic E-state index is 3.77. The minimum absolute atomic E-state index is 0.605. The molecule has 2 atom stereocenters. The van der Waals surface area contributed by atoms with Crippen LogP contribution in [0.5, 0.6) is 0 Å². The van der Waals surface area contributed by atoms with Crippen molar-refractivity contribution in [2.24, 2.45) is 0 Å². The molecule has 1 saturated heterocycles. The van der Waals surface area contributed by atoms with Crippen LogP contribution in [-0.4, -0.2) is 19.1 Å². The van der Waals surface area contributed by atoms with Gasteiger partial charge in [0.25, 0.3) is 0 Å². The molecule has 0 saturated carbocycles. The average molecular weight is 361 g/mol. The zero-order chi connectivity index (χ0) is 14.2. The van der Waals surface area contributed by atoms with Crippen molar-refractivity contribution in [3.63, 3.8) is 0 Å². The highest BCUT2D eigenvalue weighted by Crippen LogP contribution is 2.45. The summed E-state index contributed by atoms with van der Waals surface area (Å²) >= 11 is 5.34. The lowest BCUT2D eigenvalue weighted by molar-refractivity contribution is 0.440. The number of fused-ring (bicyclic) bond motifs is 3. The largest absolute Gasteiger partial charge is 0.380 e. The summed E-state index contributed by atoms with van der Waals surface area (Å²) in [5, 5.41) is 7.29. The molecule has 4 heteroatoms. The summed E-state index contributed by atoms with van der Waals surface area (Å²) in [6.45, 7) is 2.22. The highest BCUT2D eigenvalue weighted by Gasteiger charge is 2.34. The number of rotatable bonds is 2. The van der Waals surface area contributed by atoms with Gasteiger partial charge < -0.3 is 10.6 Å². The Kier molecular flexibility index (Phi) is 3.69. The van der Waals surface area contributed by atoms with Crippen LogP contribution in [0.15, 0.2) is 56.7 Å². The first-order valence-electron chi connectivity index (χ1n) is 7.35. The first-order valence-corrected chi connectivity index (χ1v) is 8.96. The Hall–Kier alpha value is -0.970. The molecule has 2 aromatic rings. The molecule has 0 aromatic heterocycles. The molecule has 2 unspecified atom stereocenters. The van der Waals surface area contributed by atoms with E-state index in [9.17, 15) is 0 Å². The van der Waals surface area contributed by atoms with Gasteiger partial charge >= 0.3 is 0 Å². The predicted molar refractivity (Wildman–Crippen MR) is 92.3 cm³/mol. The molecule has 2 nitrogen and oxygen atoms in total. The van der Waals surface area contributed by atoms with Crippen LogP contribution in [0.2, 0.25) is 0 Å². The molecule has 0 aliphatic carbocycles. The minimum atomic E-state index is 0.605. The summed E-state index contributed by atoms with van der Waals surface area (Å²) in [5.74, 6) is 0.624. The molecule has 0 spiro atoms. The third-order valence-corrected chi connectivity index (χ3v) is 5.91. The molecule has 2 heterocycles. The van der Waals surface area contributed by atoms with Crippen LogP contribution in [-0.2, 0) is 0 Å². The van der Waals surface area contributed by atoms with Crippen LogP contribution in [0.1, 0.15) is 17.9 Å². The molecule has 2 N–H and O–H groups in total. The fourth-order valence-electron chi connectivity index (χ4n) is 3.27. The monoisotopic (exact) mass is 360 g/mol. The number of piperidine rings is 1. The lowest BCUT2D eigenvalue weighted by atomic mass is 9.91. The normalized spacial score (nSPS) is 23.3. The molecular formula is C17H17BrN2S. The molecule has 2 aliphatic heterocycles. The average Bonchev–Trinajstić information content (AvgIpc) is 2.89. The molecule has 108 valence electrons. The topological polar surface area (TPSA) is 24.1 Å². The van der Waals surface area contributed by atoms with Crippen molar-refractivity contribution in [1.29, 1.82) is 0 Å². The standard InChI is InChI=1S/C17H17BrN2S/c18-11-4-6-12(7-5-11)21-16-3-1-2-13-14-10-19-9-8-15(14)20-17(13)16/h1-7,14-15,19-20H,8-10H2. The van der Waals surface area contributed by atoms with Gasteiger partial charge in [0.15, 0.2) is 0 Å². The Morgan fingerprint density at radius 3 is 2.81 bits per heavy atom. The maximum Gasteiger partial charge on any atom is 0.0521 e. The quantitative estimate of drug-likeness (QED) is 0.825. The van der Waals surface area contributed by atoms with E-state index in [1.807, 2.05) is 11.8 Å². The van der Waals surface area contributed by atoms with Crippen molar-refractivity contribution in [2.45, 2.75) is 28.2 Å². The van der Waals surface area contributed by atoms with Crippen molar-refractivity contribution in [2.75, 3.05) is 18.4 Å². The summed E-state index contributed by atoms with van der Waals surface area (Å²) in [5.41, 5.74) is 2.83. The van der Waals surface area contributed by atoms with Crippen LogP contribution in [0.25, 0.3) is 0 Å². The first kappa shape index (κ1) is 13.7. The lowest BCUT2D eigenvalue weighted by Crippen LogP contribution is -2.38. The number of hydrogen-bond donors (Lipinski definition) is 2. The highest BCUT2D eigenvalue weighted by molar-refractivity contribution is 9.10. The van der Waals surface area contributed by atoms with E-state index in [1.54, 1.807) is 0 Å². The molecule has 0 amide bonds. The number of hydrogen-bond acceptors (Lipinski definition) is 3. The summed E-state index contributed by atoms with van der Waals surface area (Å²) < 4.78 is 1.13. The van der Waals surface area contributed by atoms with E-state index in [4.69, 9.17) is 0 Å². The fraction of sp³-hybridized carbons (Fsp3) is 0.294. The maximum absolute atomic E-state index is 3.77. The van der Waals surface area contributed by atoms with Crippen LogP contribution in [0.3, 0.4) is 0 Å². The van der Waals surface area contributed by atoms with Gasteiger partial charge in [-0.1, -0.05) is 39.8 Å². The van der Waals surface area contributed by atoms with Crippen molar-refractivity contribution in [3.05, 3.63) is 52.5 Å². The lowest BCUT2D eigenvalue weighted by Gasteiger charge is -2.26. The van der Waals surface area contributed by atoms with Crippen LogP contribution in [0.4, 0.5) is 5.69 Å². The fourth-order valence-corrected chi connectivity index (χ4v) is 4.49. The third kappa shape index (κ3) is 2.60. The van der Waals surface area contributed by atoms with E-state index >= 15 is 0 Å². The van der Waals surface area contributed by atoms with Gasteiger partial charge in [-0.2, -0.15) is 0 Å². The van der Waals surface area contributed by atoms with Crippen molar-refractivity contribution >= 4 is 33.4 Å². The highest BCUT2D eigenvalue weighted by atomic mass is 79.9. The number of halogens is 1. The molecule has 2 aliphatic rings. The zero-order valence-corrected chi connectivity index (χ0v) is 14.0. The van der Waals surface area contributed by atoms with E-state index < -0.39 is 0 Å². The molecule has 4 rings (SSSR count). The van der Waals surface area contributed by atoms with Crippen molar-refractivity contribution < 1.29 is 0 Å². The number of benzene rings is 2. The predicted octanol–water partition coefficient (Wildman–Crippen LogP) is 4.47. The van der Waals surface area contributed by atoms with E-state index in [0.717, 1.165) is 17.6 Å². The van der Waals surface area contributed by atoms with Gasteiger partial charge in [-0.15, -0.1) is 0 Å². The zero-order valence-electron chi connectivity index (χ0n) is 11.6. The number of nitrogens with one attached hydrogen (secondary N) is 2. The molecule has 0 bridgehead atoms. The van der Waals surface area contributed by atoms with Gasteiger partial charge in [0.1, 0.15) is 0 Å². The van der Waals surface area contributed by atoms with Gasteiger partial charge in [-0.25, -0.2) is 0 Å². The smallest absolute Gasteiger partial charge is 0.0521 e. The van der Waals surface area contributed by atoms with E-state index in [0.29, 0.717) is 12.0 Å². The van der Waals surface area contributed by atoms with E-state index in [-0.39, 0.29) is 0 Å². The van der Waals surface area contributed by atoms with Gasteiger partial charge in [0, 0.05) is 32.8 Å². The number of anilines is 1. The Labute approximate surface area is 137 Å². The number of para-hydroxylation sites is 1. The van der Waals surface area contributed by atoms with Gasteiger partial charge in [-0.05, 0) is 48.9 Å². The molecule has 1 fully saturated rings. The van der Waals surface area contributed by atoms with E-state index in [2.05, 4.69) is 69.0 Å². The SMILES string of the molecule is Brc1ccc(Sc2cccc3c2NC2CCNCC32)cc1. The summed E-state index contributed by atoms with van der Waals surface area (Å²) in [4.78, 5) is 2.62. The van der Waals surface area contributed by atoms with Crippen molar-refractivity contribution in [1.82, 2.24) is 5.32 Å². The summed E-state index contributed by atoms with van der Waals surface area (Å²) in [7, 11) is 0. The summed E-state index contributed by atoms with van der Waals surface area (Å²) in [6.07, 6.45) is 1.21. The van der Waals surface area contributed by atoms with Crippen LogP contribution >= 0.6 is 27.7 Å². The molecule has 2 aromatic carbocycles. The van der Waals surface area contributed by atoms with Gasteiger partial charge in [0.2, 0.25) is 0 Å². The molecular weight excluding hydrogens is 344 g/mol. The van der Waals surface area contributed by atoms with E-state index in [1.165, 1.54) is 27.5 Å². The Balaban J connectivity index is 1.66. The minimum Gasteiger partial charge on any atom is -0.380 e. The van der Waals surface area contributed by atoms with Crippen molar-refractivity contribution in [3.8, 4) is 0 Å². The Morgan fingerprint density at radius 2 is 1.95 bits per heavy atom. The first-order chi connectivity index (χ1) is 10.3. The second-order valence-electron chi connectivity index (χ2n) is 5.63.